The molecular weight excluding hydrogens is 277 g/mol. The van der Waals surface area contributed by atoms with Gasteiger partial charge in [-0.15, -0.1) is 0 Å². The number of pyridine rings is 1. The predicted molar refractivity (Wildman–Crippen MR) is 89.5 cm³/mol. The molecule has 120 valence electrons. The van der Waals surface area contributed by atoms with Crippen LogP contribution < -0.4 is 16.1 Å². The lowest BCUT2D eigenvalue weighted by atomic mass is 9.80. The molecule has 0 bridgehead atoms. The van der Waals surface area contributed by atoms with Gasteiger partial charge >= 0.3 is 7.12 Å². The lowest BCUT2D eigenvalue weighted by Gasteiger charge is -2.32. The number of hydrogen-bond donors (Lipinski definition) is 2. The molecule has 0 spiro atoms. The maximum atomic E-state index is 6.05. The van der Waals surface area contributed by atoms with E-state index < -0.39 is 0 Å². The number of rotatable bonds is 3. The van der Waals surface area contributed by atoms with Crippen LogP contribution in [-0.2, 0) is 9.31 Å². The van der Waals surface area contributed by atoms with E-state index >= 15 is 0 Å². The minimum absolute atomic E-state index is 0.316. The summed E-state index contributed by atoms with van der Waals surface area (Å²) in [5.74, 6) is 0.923. The van der Waals surface area contributed by atoms with Gasteiger partial charge < -0.3 is 19.9 Å². The zero-order chi connectivity index (χ0) is 15.8. The Morgan fingerprint density at radius 2 is 1.77 bits per heavy atom. The molecule has 3 heterocycles. The van der Waals surface area contributed by atoms with Crippen LogP contribution in [0, 0.1) is 0 Å². The number of aromatic nitrogens is 1. The van der Waals surface area contributed by atoms with Crippen LogP contribution in [0.1, 0.15) is 40.5 Å². The summed E-state index contributed by atoms with van der Waals surface area (Å²) >= 11 is 0. The predicted octanol–water partition coefficient (Wildman–Crippen LogP) is 1.54. The smallest absolute Gasteiger partial charge is 0.399 e. The Labute approximate surface area is 133 Å². The first-order valence-corrected chi connectivity index (χ1v) is 8.16. The highest BCUT2D eigenvalue weighted by Gasteiger charge is 2.51. The topological polar surface area (TPSA) is 55.4 Å². The fraction of sp³-hybridized carbons (Fsp3) is 0.688. The Kier molecular flexibility index (Phi) is 4.18. The van der Waals surface area contributed by atoms with Crippen molar-refractivity contribution in [3.05, 3.63) is 18.3 Å². The Balaban J connectivity index is 1.65. The van der Waals surface area contributed by atoms with Crippen molar-refractivity contribution < 1.29 is 9.31 Å². The molecule has 0 amide bonds. The first-order valence-electron chi connectivity index (χ1n) is 8.16. The minimum Gasteiger partial charge on any atom is -0.399 e. The lowest BCUT2D eigenvalue weighted by molar-refractivity contribution is 0.00578. The van der Waals surface area contributed by atoms with Crippen LogP contribution in [0.25, 0.3) is 0 Å². The standard InChI is InChI=1S/C16H26BN3O2/c1-15(2)16(3,4)22-17(21-15)12-5-6-14(19-11-12)20-13-7-9-18-10-8-13/h5-6,11,13,18H,7-10H2,1-4H3,(H,19,20). The summed E-state index contributed by atoms with van der Waals surface area (Å²) in [6, 6.07) is 4.57. The highest BCUT2D eigenvalue weighted by Crippen LogP contribution is 2.36. The van der Waals surface area contributed by atoms with E-state index in [1.54, 1.807) is 0 Å². The van der Waals surface area contributed by atoms with Crippen molar-refractivity contribution in [3.63, 3.8) is 0 Å². The maximum Gasteiger partial charge on any atom is 0.496 e. The minimum atomic E-state index is -0.342. The number of nitrogens with zero attached hydrogens (tertiary/aromatic N) is 1. The van der Waals surface area contributed by atoms with Crippen LogP contribution >= 0.6 is 0 Å². The van der Waals surface area contributed by atoms with Gasteiger partial charge in [0, 0.05) is 17.7 Å². The molecule has 2 N–H and O–H groups in total. The molecule has 0 unspecified atom stereocenters. The quantitative estimate of drug-likeness (QED) is 0.830. The largest absolute Gasteiger partial charge is 0.496 e. The van der Waals surface area contributed by atoms with Gasteiger partial charge in [0.2, 0.25) is 0 Å². The summed E-state index contributed by atoms with van der Waals surface area (Å²) in [4.78, 5) is 4.52. The molecule has 2 fully saturated rings. The molecule has 0 saturated carbocycles. The van der Waals surface area contributed by atoms with Crippen molar-refractivity contribution in [1.82, 2.24) is 10.3 Å². The number of anilines is 1. The highest BCUT2D eigenvalue weighted by molar-refractivity contribution is 6.62. The van der Waals surface area contributed by atoms with Crippen LogP contribution in [0.5, 0.6) is 0 Å². The first kappa shape index (κ1) is 15.8. The SMILES string of the molecule is CC1(C)OB(c2ccc(NC3CCNCC3)nc2)OC1(C)C. The molecular formula is C16H26BN3O2. The Morgan fingerprint density at radius 1 is 1.14 bits per heavy atom. The molecule has 0 atom stereocenters. The molecule has 2 aliphatic rings. The van der Waals surface area contributed by atoms with E-state index in [2.05, 4.69) is 43.3 Å². The van der Waals surface area contributed by atoms with Gasteiger partial charge in [0.05, 0.1) is 11.2 Å². The maximum absolute atomic E-state index is 6.05. The fourth-order valence-corrected chi connectivity index (χ4v) is 2.78. The zero-order valence-electron chi connectivity index (χ0n) is 14.0. The van der Waals surface area contributed by atoms with Gasteiger partial charge in [-0.2, -0.15) is 0 Å². The average Bonchev–Trinajstić information content (AvgIpc) is 2.69. The van der Waals surface area contributed by atoms with Gasteiger partial charge in [-0.1, -0.05) is 6.07 Å². The van der Waals surface area contributed by atoms with Crippen LogP contribution in [0.15, 0.2) is 18.3 Å². The normalized spacial score (nSPS) is 24.5. The van der Waals surface area contributed by atoms with Crippen molar-refractivity contribution in [3.8, 4) is 0 Å². The molecule has 0 aromatic carbocycles. The molecule has 6 heteroatoms. The first-order chi connectivity index (χ1) is 10.4. The third-order valence-corrected chi connectivity index (χ3v) is 5.00. The summed E-state index contributed by atoms with van der Waals surface area (Å²) in [5.41, 5.74) is 0.336. The molecule has 2 saturated heterocycles. The number of nitrogens with one attached hydrogen (secondary N) is 2. The van der Waals surface area contributed by atoms with Crippen LogP contribution in [0.2, 0.25) is 0 Å². The molecule has 0 radical (unpaired) electrons. The van der Waals surface area contributed by atoms with Gasteiger partial charge in [0.15, 0.2) is 0 Å². The van der Waals surface area contributed by atoms with Gasteiger partial charge in [-0.05, 0) is 59.7 Å². The van der Waals surface area contributed by atoms with E-state index in [1.165, 1.54) is 0 Å². The van der Waals surface area contributed by atoms with Crippen molar-refractivity contribution in [2.75, 3.05) is 18.4 Å². The second kappa shape index (κ2) is 5.83. The van der Waals surface area contributed by atoms with Crippen molar-refractivity contribution in [2.24, 2.45) is 0 Å². The van der Waals surface area contributed by atoms with E-state index in [1.807, 2.05) is 18.3 Å². The molecule has 5 nitrogen and oxygen atoms in total. The molecule has 1 aromatic rings. The van der Waals surface area contributed by atoms with E-state index in [-0.39, 0.29) is 18.3 Å². The summed E-state index contributed by atoms with van der Waals surface area (Å²) in [6.07, 6.45) is 4.13. The average molecular weight is 303 g/mol. The van der Waals surface area contributed by atoms with Gasteiger partial charge in [-0.3, -0.25) is 0 Å². The zero-order valence-corrected chi connectivity index (χ0v) is 14.0. The van der Waals surface area contributed by atoms with E-state index in [0.717, 1.165) is 37.2 Å². The summed E-state index contributed by atoms with van der Waals surface area (Å²) in [6.45, 7) is 10.4. The second-order valence-electron chi connectivity index (χ2n) is 7.23. The van der Waals surface area contributed by atoms with Crippen molar-refractivity contribution in [1.29, 1.82) is 0 Å². The van der Waals surface area contributed by atoms with Crippen LogP contribution in [-0.4, -0.2) is 42.4 Å². The number of hydrogen-bond acceptors (Lipinski definition) is 5. The van der Waals surface area contributed by atoms with Gasteiger partial charge in [0.1, 0.15) is 5.82 Å². The monoisotopic (exact) mass is 303 g/mol. The summed E-state index contributed by atoms with van der Waals surface area (Å²) < 4.78 is 12.1. The Bertz CT molecular complexity index is 497. The van der Waals surface area contributed by atoms with E-state index in [9.17, 15) is 0 Å². The lowest BCUT2D eigenvalue weighted by Crippen LogP contribution is -2.41. The molecule has 3 rings (SSSR count). The highest BCUT2D eigenvalue weighted by atomic mass is 16.7. The number of piperidine rings is 1. The Hall–Kier alpha value is -1.11. The molecule has 0 aliphatic carbocycles. The van der Waals surface area contributed by atoms with Gasteiger partial charge in [0.25, 0.3) is 0 Å². The van der Waals surface area contributed by atoms with Crippen molar-refractivity contribution in [2.45, 2.75) is 57.8 Å². The van der Waals surface area contributed by atoms with Gasteiger partial charge in [-0.25, -0.2) is 4.98 Å². The molecule has 22 heavy (non-hydrogen) atoms. The van der Waals surface area contributed by atoms with E-state index in [4.69, 9.17) is 9.31 Å². The third-order valence-electron chi connectivity index (χ3n) is 5.00. The fourth-order valence-electron chi connectivity index (χ4n) is 2.78. The molecule has 2 aliphatic heterocycles. The summed E-state index contributed by atoms with van der Waals surface area (Å²) in [5, 5.41) is 6.87. The third kappa shape index (κ3) is 3.14. The van der Waals surface area contributed by atoms with Crippen molar-refractivity contribution >= 4 is 18.4 Å². The summed E-state index contributed by atoms with van der Waals surface area (Å²) in [7, 11) is -0.342. The van der Waals surface area contributed by atoms with Crippen LogP contribution in [0.3, 0.4) is 0 Å². The Morgan fingerprint density at radius 3 is 2.32 bits per heavy atom. The second-order valence-corrected chi connectivity index (χ2v) is 7.23. The van der Waals surface area contributed by atoms with E-state index in [0.29, 0.717) is 6.04 Å². The molecule has 1 aromatic heterocycles. The van der Waals surface area contributed by atoms with Crippen LogP contribution in [0.4, 0.5) is 5.82 Å².